The van der Waals surface area contributed by atoms with E-state index in [0.717, 1.165) is 0 Å². The van der Waals surface area contributed by atoms with Gasteiger partial charge in [-0.05, 0) is 32.3 Å². The molecular weight excluding hydrogens is 215 g/mol. The fourth-order valence-electron chi connectivity index (χ4n) is 2.94. The van der Waals surface area contributed by atoms with Crippen LogP contribution in [0.5, 0.6) is 0 Å². The molecule has 0 aliphatic carbocycles. The number of hydrogen-bond acceptors (Lipinski definition) is 0. The lowest BCUT2D eigenvalue weighted by molar-refractivity contribution is 1.80. The molecule has 0 fully saturated rings. The molecule has 0 spiro atoms. The average Bonchev–Trinajstić information content (AvgIpc) is 2.44. The molecule has 4 aromatic rings. The predicted molar refractivity (Wildman–Crippen MR) is 81.4 cm³/mol. The first-order valence-electron chi connectivity index (χ1n) is 6.34. The Labute approximate surface area is 107 Å². The van der Waals surface area contributed by atoms with Crippen LogP contribution in [0, 0.1) is 0 Å². The van der Waals surface area contributed by atoms with Crippen molar-refractivity contribution < 1.29 is 0 Å². The second-order valence-electron chi connectivity index (χ2n) is 4.84. The van der Waals surface area contributed by atoms with Gasteiger partial charge in [-0.3, -0.25) is 0 Å². The van der Waals surface area contributed by atoms with Crippen molar-refractivity contribution in [1.29, 1.82) is 0 Å². The van der Waals surface area contributed by atoms with Crippen LogP contribution in [-0.2, 0) is 0 Å². The van der Waals surface area contributed by atoms with E-state index >= 15 is 0 Å². The van der Waals surface area contributed by atoms with Gasteiger partial charge in [0.25, 0.3) is 0 Å². The van der Waals surface area contributed by atoms with Crippen molar-refractivity contribution in [2.45, 2.75) is 6.82 Å². The Morgan fingerprint density at radius 2 is 1.17 bits per heavy atom. The minimum absolute atomic E-state index is 1.29. The summed E-state index contributed by atoms with van der Waals surface area (Å²) >= 11 is 0. The summed E-state index contributed by atoms with van der Waals surface area (Å²) in [5.74, 6) is 0. The highest BCUT2D eigenvalue weighted by Crippen LogP contribution is 2.33. The zero-order valence-electron chi connectivity index (χ0n) is 10.3. The SMILES string of the molecule is C[B]c1cc2ccc3cccc4ccc(c1)c2c34. The first kappa shape index (κ1) is 9.96. The molecular formula is C17H12B. The minimum Gasteiger partial charge on any atom is -0.0872 e. The van der Waals surface area contributed by atoms with Crippen LogP contribution in [0.3, 0.4) is 0 Å². The predicted octanol–water partition coefficient (Wildman–Crippen LogP) is 3.96. The average molecular weight is 227 g/mol. The van der Waals surface area contributed by atoms with Crippen LogP contribution in [0.4, 0.5) is 0 Å². The van der Waals surface area contributed by atoms with E-state index in [1.54, 1.807) is 0 Å². The molecule has 18 heavy (non-hydrogen) atoms. The molecule has 0 aromatic heterocycles. The van der Waals surface area contributed by atoms with Crippen LogP contribution in [0.25, 0.3) is 32.3 Å². The quantitative estimate of drug-likeness (QED) is 0.341. The maximum absolute atomic E-state index is 2.27. The fourth-order valence-corrected chi connectivity index (χ4v) is 2.94. The van der Waals surface area contributed by atoms with Gasteiger partial charge in [-0.25, -0.2) is 0 Å². The summed E-state index contributed by atoms with van der Waals surface area (Å²) in [5.41, 5.74) is 1.29. The van der Waals surface area contributed by atoms with E-state index in [0.29, 0.717) is 0 Å². The van der Waals surface area contributed by atoms with Gasteiger partial charge in [-0.1, -0.05) is 66.9 Å². The van der Waals surface area contributed by atoms with Crippen LogP contribution in [0.1, 0.15) is 0 Å². The summed E-state index contributed by atoms with van der Waals surface area (Å²) in [6, 6.07) is 20.0. The molecule has 0 bridgehead atoms. The lowest BCUT2D eigenvalue weighted by Crippen LogP contribution is -2.09. The topological polar surface area (TPSA) is 0 Å². The molecule has 0 amide bonds. The molecule has 1 heteroatoms. The zero-order chi connectivity index (χ0) is 12.1. The molecule has 0 saturated carbocycles. The normalized spacial score (nSPS) is 11.6. The Bertz CT molecular complexity index is 797. The van der Waals surface area contributed by atoms with Gasteiger partial charge in [0.2, 0.25) is 0 Å². The molecule has 0 nitrogen and oxygen atoms in total. The molecule has 83 valence electrons. The largest absolute Gasteiger partial charge is 0.148 e. The van der Waals surface area contributed by atoms with E-state index in [9.17, 15) is 0 Å². The molecule has 0 heterocycles. The number of rotatable bonds is 1. The van der Waals surface area contributed by atoms with Crippen molar-refractivity contribution in [2.75, 3.05) is 0 Å². The Morgan fingerprint density at radius 3 is 1.72 bits per heavy atom. The maximum atomic E-state index is 2.27. The third kappa shape index (κ3) is 1.22. The summed E-state index contributed by atoms with van der Waals surface area (Å²) in [4.78, 5) is 0. The summed E-state index contributed by atoms with van der Waals surface area (Å²) in [7, 11) is 2.16. The van der Waals surface area contributed by atoms with E-state index in [1.165, 1.54) is 37.8 Å². The lowest BCUT2D eigenvalue weighted by atomic mass is 9.72. The second-order valence-corrected chi connectivity index (χ2v) is 4.84. The highest BCUT2D eigenvalue weighted by molar-refractivity contribution is 6.53. The van der Waals surface area contributed by atoms with Crippen LogP contribution in [-0.4, -0.2) is 7.28 Å². The van der Waals surface area contributed by atoms with Crippen molar-refractivity contribution in [1.82, 2.24) is 0 Å². The van der Waals surface area contributed by atoms with Crippen molar-refractivity contribution >= 4 is 45.1 Å². The van der Waals surface area contributed by atoms with Gasteiger partial charge in [0.15, 0.2) is 0 Å². The van der Waals surface area contributed by atoms with E-state index in [4.69, 9.17) is 0 Å². The van der Waals surface area contributed by atoms with Crippen LogP contribution >= 0.6 is 0 Å². The smallest absolute Gasteiger partial charge is 0.0872 e. The monoisotopic (exact) mass is 227 g/mol. The fraction of sp³-hybridized carbons (Fsp3) is 0.0588. The van der Waals surface area contributed by atoms with Gasteiger partial charge in [-0.15, -0.1) is 0 Å². The Balaban J connectivity index is 2.35. The molecule has 0 atom stereocenters. The molecule has 0 aliphatic heterocycles. The molecule has 0 aliphatic rings. The van der Waals surface area contributed by atoms with E-state index in [1.807, 2.05) is 0 Å². The van der Waals surface area contributed by atoms with Gasteiger partial charge in [0.1, 0.15) is 7.28 Å². The second kappa shape index (κ2) is 3.49. The molecule has 0 N–H and O–H groups in total. The number of hydrogen-bond donors (Lipinski definition) is 0. The molecule has 4 aromatic carbocycles. The molecule has 1 radical (unpaired) electrons. The van der Waals surface area contributed by atoms with Crippen molar-refractivity contribution in [3.63, 3.8) is 0 Å². The first-order chi connectivity index (χ1) is 8.86. The third-order valence-electron chi connectivity index (χ3n) is 3.82. The first-order valence-corrected chi connectivity index (χ1v) is 6.34. The van der Waals surface area contributed by atoms with Gasteiger partial charge in [0.05, 0.1) is 0 Å². The summed E-state index contributed by atoms with van der Waals surface area (Å²) < 4.78 is 0. The van der Waals surface area contributed by atoms with Crippen molar-refractivity contribution in [2.24, 2.45) is 0 Å². The van der Waals surface area contributed by atoms with Crippen LogP contribution in [0.2, 0.25) is 6.82 Å². The van der Waals surface area contributed by atoms with Crippen molar-refractivity contribution in [3.05, 3.63) is 54.6 Å². The Hall–Kier alpha value is -2.02. The molecule has 0 unspecified atom stereocenters. The van der Waals surface area contributed by atoms with Gasteiger partial charge in [-0.2, -0.15) is 0 Å². The highest BCUT2D eigenvalue weighted by atomic mass is 14.1. The van der Waals surface area contributed by atoms with Gasteiger partial charge >= 0.3 is 0 Å². The molecule has 4 rings (SSSR count). The zero-order valence-corrected chi connectivity index (χ0v) is 10.3. The van der Waals surface area contributed by atoms with Crippen molar-refractivity contribution in [3.8, 4) is 0 Å². The Morgan fingerprint density at radius 1 is 0.667 bits per heavy atom. The van der Waals surface area contributed by atoms with E-state index in [-0.39, 0.29) is 0 Å². The highest BCUT2D eigenvalue weighted by Gasteiger charge is 2.08. The maximum Gasteiger partial charge on any atom is 0.148 e. The van der Waals surface area contributed by atoms with Gasteiger partial charge in [0, 0.05) is 0 Å². The standard InChI is InChI=1S/C17H12B/c1-18-15-9-13-7-5-11-3-2-4-12-6-8-14(10-15)17(13)16(11)12/h2-10H,1H3. The minimum atomic E-state index is 1.29. The molecule has 0 saturated heterocycles. The third-order valence-corrected chi connectivity index (χ3v) is 3.82. The van der Waals surface area contributed by atoms with Crippen LogP contribution in [0.15, 0.2) is 54.6 Å². The van der Waals surface area contributed by atoms with E-state index in [2.05, 4.69) is 68.7 Å². The van der Waals surface area contributed by atoms with E-state index < -0.39 is 0 Å². The summed E-state index contributed by atoms with van der Waals surface area (Å²) in [6.07, 6.45) is 0. The lowest BCUT2D eigenvalue weighted by Gasteiger charge is -2.11. The van der Waals surface area contributed by atoms with Crippen LogP contribution < -0.4 is 5.46 Å². The number of benzene rings is 4. The summed E-state index contributed by atoms with van der Waals surface area (Å²) in [6.45, 7) is 2.09. The Kier molecular flexibility index (Phi) is 1.93. The van der Waals surface area contributed by atoms with Gasteiger partial charge < -0.3 is 0 Å². The summed E-state index contributed by atoms with van der Waals surface area (Å²) in [5, 5.41) is 8.14.